The van der Waals surface area contributed by atoms with Crippen LogP contribution in [0.15, 0.2) is 48.7 Å². The average Bonchev–Trinajstić information content (AvgIpc) is 2.61. The molecule has 1 fully saturated rings. The van der Waals surface area contributed by atoms with Crippen LogP contribution in [-0.2, 0) is 4.79 Å². The number of carbonyl (C=O) groups excluding carboxylic acids is 1. The van der Waals surface area contributed by atoms with Crippen LogP contribution in [0.4, 0.5) is 5.82 Å². The Morgan fingerprint density at radius 1 is 1.04 bits per heavy atom. The summed E-state index contributed by atoms with van der Waals surface area (Å²) >= 11 is 11.8. The van der Waals surface area contributed by atoms with Crippen molar-refractivity contribution in [2.75, 3.05) is 31.1 Å². The largest absolute Gasteiger partial charge is 0.353 e. The Hall–Kier alpha value is -2.04. The fraction of sp³-hybridized carbons (Fsp3) is 0.222. The first-order valence-corrected chi connectivity index (χ1v) is 8.46. The number of pyridine rings is 1. The number of benzene rings is 1. The van der Waals surface area contributed by atoms with Gasteiger partial charge in [0.05, 0.1) is 5.02 Å². The number of anilines is 1. The van der Waals surface area contributed by atoms with Crippen LogP contribution >= 0.6 is 23.2 Å². The van der Waals surface area contributed by atoms with Crippen molar-refractivity contribution in [2.45, 2.75) is 0 Å². The van der Waals surface area contributed by atoms with Gasteiger partial charge in [-0.3, -0.25) is 4.79 Å². The Morgan fingerprint density at radius 3 is 2.50 bits per heavy atom. The predicted octanol–water partition coefficient (Wildman–Crippen LogP) is 3.75. The maximum atomic E-state index is 12.3. The summed E-state index contributed by atoms with van der Waals surface area (Å²) in [6.07, 6.45) is 5.03. The van der Waals surface area contributed by atoms with E-state index >= 15 is 0 Å². The van der Waals surface area contributed by atoms with E-state index < -0.39 is 0 Å². The van der Waals surface area contributed by atoms with Gasteiger partial charge in [-0.2, -0.15) is 0 Å². The molecule has 6 heteroatoms. The number of aromatic nitrogens is 1. The molecule has 0 aliphatic carbocycles. The van der Waals surface area contributed by atoms with Gasteiger partial charge >= 0.3 is 0 Å². The summed E-state index contributed by atoms with van der Waals surface area (Å²) in [5, 5.41) is 1.28. The molecule has 3 rings (SSSR count). The molecule has 0 unspecified atom stereocenters. The van der Waals surface area contributed by atoms with Crippen molar-refractivity contribution in [2.24, 2.45) is 0 Å². The molecule has 1 saturated heterocycles. The van der Waals surface area contributed by atoms with Crippen LogP contribution in [0.1, 0.15) is 5.56 Å². The second-order valence-corrected chi connectivity index (χ2v) is 6.41. The third-order valence-corrected chi connectivity index (χ3v) is 4.35. The highest BCUT2D eigenvalue weighted by atomic mass is 35.5. The lowest BCUT2D eigenvalue weighted by Crippen LogP contribution is -2.48. The zero-order valence-corrected chi connectivity index (χ0v) is 14.5. The Balaban J connectivity index is 1.56. The summed E-state index contributed by atoms with van der Waals surface area (Å²) in [5.41, 5.74) is 0.917. The Bertz CT molecular complexity index is 738. The summed E-state index contributed by atoms with van der Waals surface area (Å²) in [6, 6.07) is 11.2. The van der Waals surface area contributed by atoms with E-state index in [1.54, 1.807) is 18.3 Å². The lowest BCUT2D eigenvalue weighted by atomic mass is 10.2. The van der Waals surface area contributed by atoms with E-state index in [1.807, 2.05) is 41.3 Å². The van der Waals surface area contributed by atoms with Crippen LogP contribution < -0.4 is 4.90 Å². The highest BCUT2D eigenvalue weighted by Crippen LogP contribution is 2.16. The number of piperazine rings is 1. The summed E-state index contributed by atoms with van der Waals surface area (Å²) in [7, 11) is 0. The number of rotatable bonds is 3. The van der Waals surface area contributed by atoms with Gasteiger partial charge in [0.2, 0.25) is 5.91 Å². The Labute approximate surface area is 151 Å². The second-order valence-electron chi connectivity index (χ2n) is 5.54. The third kappa shape index (κ3) is 4.28. The zero-order chi connectivity index (χ0) is 16.9. The molecular weight excluding hydrogens is 345 g/mol. The number of hydrogen-bond donors (Lipinski definition) is 0. The quantitative estimate of drug-likeness (QED) is 0.781. The first-order chi connectivity index (χ1) is 11.6. The van der Waals surface area contributed by atoms with Crippen molar-refractivity contribution < 1.29 is 4.79 Å². The molecule has 0 N–H and O–H groups in total. The van der Waals surface area contributed by atoms with Gasteiger partial charge in [0.15, 0.2) is 0 Å². The molecule has 124 valence electrons. The highest BCUT2D eigenvalue weighted by Gasteiger charge is 2.20. The Morgan fingerprint density at radius 2 is 1.83 bits per heavy atom. The van der Waals surface area contributed by atoms with E-state index in [0.717, 1.165) is 24.5 Å². The van der Waals surface area contributed by atoms with E-state index in [9.17, 15) is 4.79 Å². The van der Waals surface area contributed by atoms with Gasteiger partial charge in [-0.05, 0) is 35.9 Å². The zero-order valence-electron chi connectivity index (χ0n) is 13.0. The summed E-state index contributed by atoms with van der Waals surface area (Å²) in [5.74, 6) is 0.902. The lowest BCUT2D eigenvalue weighted by Gasteiger charge is -2.34. The highest BCUT2D eigenvalue weighted by molar-refractivity contribution is 6.30. The molecule has 1 aromatic heterocycles. The minimum Gasteiger partial charge on any atom is -0.353 e. The van der Waals surface area contributed by atoms with Crippen LogP contribution in [0.25, 0.3) is 6.08 Å². The van der Waals surface area contributed by atoms with Gasteiger partial charge in [0.25, 0.3) is 0 Å². The van der Waals surface area contributed by atoms with Crippen LogP contribution in [0.2, 0.25) is 10.0 Å². The topological polar surface area (TPSA) is 36.4 Å². The molecule has 1 aliphatic heterocycles. The van der Waals surface area contributed by atoms with Gasteiger partial charge in [-0.15, -0.1) is 0 Å². The maximum absolute atomic E-state index is 12.3. The van der Waals surface area contributed by atoms with E-state index in [1.165, 1.54) is 0 Å². The van der Waals surface area contributed by atoms with Gasteiger partial charge in [0, 0.05) is 43.5 Å². The molecule has 0 bridgehead atoms. The number of amides is 1. The molecule has 1 aliphatic rings. The fourth-order valence-corrected chi connectivity index (χ4v) is 2.90. The normalized spacial score (nSPS) is 15.1. The van der Waals surface area contributed by atoms with Crippen molar-refractivity contribution in [3.05, 3.63) is 64.3 Å². The van der Waals surface area contributed by atoms with E-state index in [4.69, 9.17) is 23.2 Å². The van der Waals surface area contributed by atoms with Crippen LogP contribution in [0.5, 0.6) is 0 Å². The Kier molecular flexibility index (Phi) is 5.38. The standard InChI is InChI=1S/C18H17Cl2N3O/c19-15-3-1-2-14(12-15)4-7-18(24)23-10-8-22(9-11-23)17-6-5-16(20)13-21-17/h1-7,12-13H,8-11H2/b7-4+. The number of hydrogen-bond acceptors (Lipinski definition) is 3. The average molecular weight is 362 g/mol. The van der Waals surface area contributed by atoms with Crippen LogP contribution in [0.3, 0.4) is 0 Å². The number of carbonyl (C=O) groups is 1. The molecular formula is C18H17Cl2N3O. The third-order valence-electron chi connectivity index (χ3n) is 3.89. The smallest absolute Gasteiger partial charge is 0.246 e. The molecule has 4 nitrogen and oxygen atoms in total. The first kappa shape index (κ1) is 16.8. The van der Waals surface area contributed by atoms with E-state index in [-0.39, 0.29) is 5.91 Å². The van der Waals surface area contributed by atoms with Crippen LogP contribution in [0, 0.1) is 0 Å². The van der Waals surface area contributed by atoms with E-state index in [0.29, 0.717) is 23.1 Å². The molecule has 2 heterocycles. The molecule has 0 radical (unpaired) electrons. The number of nitrogens with zero attached hydrogens (tertiary/aromatic N) is 3. The monoisotopic (exact) mass is 361 g/mol. The van der Waals surface area contributed by atoms with Crippen molar-refractivity contribution in [3.8, 4) is 0 Å². The number of halogens is 2. The summed E-state index contributed by atoms with van der Waals surface area (Å²) < 4.78 is 0. The molecule has 0 saturated carbocycles. The predicted molar refractivity (Wildman–Crippen MR) is 98.5 cm³/mol. The molecule has 1 aromatic carbocycles. The first-order valence-electron chi connectivity index (χ1n) is 7.71. The van der Waals surface area contributed by atoms with E-state index in [2.05, 4.69) is 9.88 Å². The second kappa shape index (κ2) is 7.69. The van der Waals surface area contributed by atoms with Crippen LogP contribution in [-0.4, -0.2) is 42.0 Å². The molecule has 2 aromatic rings. The van der Waals surface area contributed by atoms with Crippen molar-refractivity contribution >= 4 is 41.0 Å². The van der Waals surface area contributed by atoms with Crippen molar-refractivity contribution in [3.63, 3.8) is 0 Å². The van der Waals surface area contributed by atoms with Gasteiger partial charge < -0.3 is 9.80 Å². The summed E-state index contributed by atoms with van der Waals surface area (Å²) in [4.78, 5) is 20.6. The van der Waals surface area contributed by atoms with Gasteiger partial charge in [-0.25, -0.2) is 4.98 Å². The summed E-state index contributed by atoms with van der Waals surface area (Å²) in [6.45, 7) is 2.85. The SMILES string of the molecule is O=C(/C=C/c1cccc(Cl)c1)N1CCN(c2ccc(Cl)cn2)CC1. The van der Waals surface area contributed by atoms with Gasteiger partial charge in [0.1, 0.15) is 5.82 Å². The lowest BCUT2D eigenvalue weighted by molar-refractivity contribution is -0.126. The minimum absolute atomic E-state index is 0.0127. The molecule has 0 atom stereocenters. The molecule has 1 amide bonds. The maximum Gasteiger partial charge on any atom is 0.246 e. The van der Waals surface area contributed by atoms with Crippen molar-refractivity contribution in [1.29, 1.82) is 0 Å². The molecule has 0 spiro atoms. The minimum atomic E-state index is 0.0127. The molecule has 24 heavy (non-hydrogen) atoms. The fourth-order valence-electron chi connectivity index (χ4n) is 2.59. The van der Waals surface area contributed by atoms with Gasteiger partial charge in [-0.1, -0.05) is 35.3 Å². The van der Waals surface area contributed by atoms with Crippen molar-refractivity contribution in [1.82, 2.24) is 9.88 Å².